The summed E-state index contributed by atoms with van der Waals surface area (Å²) in [4.78, 5) is 2.22. The van der Waals surface area contributed by atoms with Gasteiger partial charge in [-0.25, -0.2) is 13.6 Å². The summed E-state index contributed by atoms with van der Waals surface area (Å²) in [6.45, 7) is 0.570. The van der Waals surface area contributed by atoms with Gasteiger partial charge in [-0.1, -0.05) is 45.9 Å². The molecule has 3 aromatic rings. The molecule has 1 aliphatic heterocycles. The zero-order valence-corrected chi connectivity index (χ0v) is 16.6. The number of rotatable bonds is 3. The summed E-state index contributed by atoms with van der Waals surface area (Å²) in [5, 5.41) is 14.6. The van der Waals surface area contributed by atoms with Crippen molar-refractivity contribution in [1.82, 2.24) is 14.8 Å². The number of aromatic nitrogens is 3. The summed E-state index contributed by atoms with van der Waals surface area (Å²) in [6, 6.07) is 14.4. The molecule has 0 unspecified atom stereocenters. The first-order valence-electron chi connectivity index (χ1n) is 7.62. The largest absolute Gasteiger partial charge is 0.344 e. The zero-order chi connectivity index (χ0) is 18.3. The van der Waals surface area contributed by atoms with Gasteiger partial charge in [-0.05, 0) is 30.3 Å². The lowest BCUT2D eigenvalue weighted by Crippen LogP contribution is -2.30. The second-order valence-electron chi connectivity index (χ2n) is 5.71. The molecule has 0 fully saturated rings. The highest BCUT2D eigenvalue weighted by molar-refractivity contribution is 9.10. The Morgan fingerprint density at radius 2 is 1.81 bits per heavy atom. The molecule has 0 saturated heterocycles. The first-order valence-corrected chi connectivity index (χ1v) is 10.9. The van der Waals surface area contributed by atoms with Crippen LogP contribution in [0.3, 0.4) is 0 Å². The molecule has 1 aliphatic rings. The van der Waals surface area contributed by atoms with Crippen molar-refractivity contribution in [2.75, 3.05) is 10.8 Å². The third-order valence-corrected chi connectivity index (χ3v) is 6.65. The molecule has 2 aromatic carbocycles. The number of nitrogens with zero attached hydrogens (tertiary/aromatic N) is 4. The highest BCUT2D eigenvalue weighted by Crippen LogP contribution is 2.34. The lowest BCUT2D eigenvalue weighted by Gasteiger charge is -2.29. The number of hydrogen-bond donors (Lipinski definition) is 1. The number of nitrogens with two attached hydrogens (primary N) is 1. The molecule has 134 valence electrons. The Labute approximate surface area is 163 Å². The van der Waals surface area contributed by atoms with Gasteiger partial charge in [0.2, 0.25) is 10.0 Å². The fraction of sp³-hybridized carbons (Fsp3) is 0.125. The van der Waals surface area contributed by atoms with Gasteiger partial charge in [0.1, 0.15) is 0 Å². The van der Waals surface area contributed by atoms with E-state index in [1.165, 1.54) is 12.1 Å². The van der Waals surface area contributed by atoms with E-state index in [0.29, 0.717) is 12.5 Å². The number of sulfonamides is 1. The number of thioether (sulfide) groups is 1. The molecule has 10 heteroatoms. The van der Waals surface area contributed by atoms with Gasteiger partial charge < -0.3 is 4.90 Å². The molecule has 7 nitrogen and oxygen atoms in total. The Balaban J connectivity index is 1.66. The molecule has 26 heavy (non-hydrogen) atoms. The Kier molecular flexibility index (Phi) is 4.51. The molecule has 4 rings (SSSR count). The van der Waals surface area contributed by atoms with E-state index >= 15 is 0 Å². The maximum Gasteiger partial charge on any atom is 0.238 e. The first-order chi connectivity index (χ1) is 12.4. The number of anilines is 1. The highest BCUT2D eigenvalue weighted by Gasteiger charge is 2.23. The molecular weight excluding hydrogens is 438 g/mol. The number of hydrogen-bond acceptors (Lipinski definition) is 6. The number of halogens is 1. The van der Waals surface area contributed by atoms with Gasteiger partial charge in [0.05, 0.1) is 17.4 Å². The lowest BCUT2D eigenvalue weighted by atomic mass is 10.2. The van der Waals surface area contributed by atoms with Crippen LogP contribution in [0.4, 0.5) is 5.69 Å². The Morgan fingerprint density at radius 3 is 2.50 bits per heavy atom. The van der Waals surface area contributed by atoms with Crippen LogP contribution in [0.1, 0.15) is 0 Å². The van der Waals surface area contributed by atoms with Crippen molar-refractivity contribution in [3.8, 4) is 11.4 Å². The average Bonchev–Trinajstić information content (AvgIpc) is 3.04. The summed E-state index contributed by atoms with van der Waals surface area (Å²) in [5.74, 6) is 1.48. The molecule has 0 radical (unpaired) electrons. The SMILES string of the molecule is NS(=O)(=O)c1ccc(N2CSc3nnc(-c4ccccc4Br)n3C2)cc1. The maximum atomic E-state index is 11.4. The molecule has 0 amide bonds. The minimum atomic E-state index is -3.69. The van der Waals surface area contributed by atoms with Crippen molar-refractivity contribution in [3.63, 3.8) is 0 Å². The predicted octanol–water partition coefficient (Wildman–Crippen LogP) is 2.88. The van der Waals surface area contributed by atoms with Crippen molar-refractivity contribution >= 4 is 43.4 Å². The van der Waals surface area contributed by atoms with Gasteiger partial charge in [0.25, 0.3) is 0 Å². The van der Waals surface area contributed by atoms with Gasteiger partial charge in [-0.3, -0.25) is 4.57 Å². The van der Waals surface area contributed by atoms with E-state index in [2.05, 4.69) is 31.0 Å². The van der Waals surface area contributed by atoms with Crippen LogP contribution in [0.25, 0.3) is 11.4 Å². The van der Waals surface area contributed by atoms with Crippen LogP contribution in [0.5, 0.6) is 0 Å². The third kappa shape index (κ3) is 3.25. The molecule has 1 aromatic heterocycles. The molecule has 0 atom stereocenters. The molecule has 0 aliphatic carbocycles. The first kappa shape index (κ1) is 17.5. The van der Waals surface area contributed by atoms with Crippen molar-refractivity contribution in [2.45, 2.75) is 16.7 Å². The summed E-state index contributed by atoms with van der Waals surface area (Å²) in [7, 11) is -3.69. The lowest BCUT2D eigenvalue weighted by molar-refractivity contribution is 0.597. The van der Waals surface area contributed by atoms with Crippen LogP contribution in [-0.2, 0) is 16.7 Å². The quantitative estimate of drug-likeness (QED) is 0.657. The second kappa shape index (κ2) is 6.69. The van der Waals surface area contributed by atoms with Crippen molar-refractivity contribution in [1.29, 1.82) is 0 Å². The fourth-order valence-electron chi connectivity index (χ4n) is 2.71. The van der Waals surface area contributed by atoms with E-state index in [1.54, 1.807) is 23.9 Å². The smallest absolute Gasteiger partial charge is 0.238 e. The standard InChI is InChI=1S/C16H14BrN5O2S2/c17-14-4-2-1-3-13(14)15-19-20-16-22(15)9-21(10-25-16)11-5-7-12(8-6-11)26(18,23)24/h1-8H,9-10H2,(H2,18,23,24). The molecule has 0 saturated carbocycles. The van der Waals surface area contributed by atoms with Crippen LogP contribution in [0, 0.1) is 0 Å². The van der Waals surface area contributed by atoms with Crippen LogP contribution in [-0.4, -0.2) is 29.1 Å². The van der Waals surface area contributed by atoms with Gasteiger partial charge in [0, 0.05) is 15.7 Å². The van der Waals surface area contributed by atoms with E-state index in [4.69, 9.17) is 5.14 Å². The van der Waals surface area contributed by atoms with Gasteiger partial charge in [0.15, 0.2) is 11.0 Å². The molecule has 0 spiro atoms. The molecule has 0 bridgehead atoms. The molecular formula is C16H14BrN5O2S2. The van der Waals surface area contributed by atoms with Gasteiger partial charge >= 0.3 is 0 Å². The van der Waals surface area contributed by atoms with Gasteiger partial charge in [-0.2, -0.15) is 0 Å². The number of benzene rings is 2. The van der Waals surface area contributed by atoms with Crippen molar-refractivity contribution in [3.05, 3.63) is 53.0 Å². The van der Waals surface area contributed by atoms with E-state index in [1.807, 2.05) is 28.8 Å². The maximum absolute atomic E-state index is 11.4. The monoisotopic (exact) mass is 451 g/mol. The summed E-state index contributed by atoms with van der Waals surface area (Å²) in [5.41, 5.74) is 1.88. The minimum absolute atomic E-state index is 0.102. The fourth-order valence-corrected chi connectivity index (χ4v) is 4.59. The van der Waals surface area contributed by atoms with Crippen molar-refractivity contribution < 1.29 is 8.42 Å². The van der Waals surface area contributed by atoms with E-state index in [9.17, 15) is 8.42 Å². The van der Waals surface area contributed by atoms with Gasteiger partial charge in [-0.15, -0.1) is 10.2 Å². The second-order valence-corrected chi connectivity index (χ2v) is 9.04. The highest BCUT2D eigenvalue weighted by atomic mass is 79.9. The molecule has 2 N–H and O–H groups in total. The average molecular weight is 452 g/mol. The normalized spacial score (nSPS) is 14.3. The van der Waals surface area contributed by atoms with E-state index < -0.39 is 10.0 Å². The minimum Gasteiger partial charge on any atom is -0.344 e. The summed E-state index contributed by atoms with van der Waals surface area (Å²) < 4.78 is 25.8. The predicted molar refractivity (Wildman–Crippen MR) is 104 cm³/mol. The Morgan fingerprint density at radius 1 is 1.08 bits per heavy atom. The topological polar surface area (TPSA) is 94.1 Å². The van der Waals surface area contributed by atoms with Crippen LogP contribution >= 0.6 is 27.7 Å². The Bertz CT molecular complexity index is 1070. The molecule has 2 heterocycles. The van der Waals surface area contributed by atoms with E-state index in [-0.39, 0.29) is 4.90 Å². The summed E-state index contributed by atoms with van der Waals surface area (Å²) >= 11 is 5.14. The third-order valence-electron chi connectivity index (χ3n) is 4.02. The van der Waals surface area contributed by atoms with Crippen molar-refractivity contribution in [2.24, 2.45) is 5.14 Å². The zero-order valence-electron chi connectivity index (χ0n) is 13.4. The van der Waals surface area contributed by atoms with Crippen LogP contribution in [0.2, 0.25) is 0 Å². The summed E-state index contributed by atoms with van der Waals surface area (Å²) in [6.07, 6.45) is 0. The number of primary sulfonamides is 1. The van der Waals surface area contributed by atoms with Crippen LogP contribution in [0.15, 0.2) is 63.1 Å². The van der Waals surface area contributed by atoms with E-state index in [0.717, 1.165) is 26.7 Å². The number of fused-ring (bicyclic) bond motifs is 1. The van der Waals surface area contributed by atoms with Crippen LogP contribution < -0.4 is 10.0 Å². The Hall–Kier alpha value is -1.88.